The van der Waals surface area contributed by atoms with Crippen LogP contribution < -0.4 is 5.43 Å². The summed E-state index contributed by atoms with van der Waals surface area (Å²) >= 11 is 2.92. The fourth-order valence-corrected chi connectivity index (χ4v) is 1.12. The maximum Gasteiger partial charge on any atom is 0.269 e. The predicted molar refractivity (Wildman–Crippen MR) is 44.5 cm³/mol. The maximum absolute atomic E-state index is 12.1. The zero-order valence-corrected chi connectivity index (χ0v) is 7.78. The second-order valence-electron chi connectivity index (χ2n) is 2.31. The molecule has 0 aliphatic carbocycles. The van der Waals surface area contributed by atoms with E-state index in [9.17, 15) is 13.6 Å². The normalized spacial score (nSPS) is 10.8. The molecule has 0 amide bonds. The van der Waals surface area contributed by atoms with E-state index in [1.54, 1.807) is 6.92 Å². The number of aromatic nitrogens is 1. The molecule has 0 fully saturated rings. The summed E-state index contributed by atoms with van der Waals surface area (Å²) in [7, 11) is 0. The molecule has 0 bridgehead atoms. The minimum Gasteiger partial charge on any atom is -0.364 e. The molecule has 1 heterocycles. The van der Waals surface area contributed by atoms with E-state index in [1.807, 2.05) is 0 Å². The van der Waals surface area contributed by atoms with E-state index < -0.39 is 17.4 Å². The van der Waals surface area contributed by atoms with Crippen molar-refractivity contribution in [1.29, 1.82) is 0 Å². The smallest absolute Gasteiger partial charge is 0.269 e. The molecule has 0 aliphatic rings. The lowest BCUT2D eigenvalue weighted by atomic mass is 10.2. The summed E-state index contributed by atoms with van der Waals surface area (Å²) in [5.41, 5.74) is -0.613. The Kier molecular flexibility index (Phi) is 2.62. The number of H-pyrrole nitrogens is 1. The number of aryl methyl sites for hydroxylation is 1. The highest BCUT2D eigenvalue weighted by Crippen LogP contribution is 2.17. The van der Waals surface area contributed by atoms with Gasteiger partial charge in [0.2, 0.25) is 5.43 Å². The van der Waals surface area contributed by atoms with Crippen molar-refractivity contribution < 1.29 is 8.78 Å². The predicted octanol–water partition coefficient (Wildman–Crippen LogP) is 2.38. The molecule has 2 nitrogen and oxygen atoms in total. The molecule has 0 saturated heterocycles. The van der Waals surface area contributed by atoms with Crippen molar-refractivity contribution in [2.24, 2.45) is 0 Å². The van der Waals surface area contributed by atoms with Crippen LogP contribution in [-0.4, -0.2) is 4.98 Å². The Morgan fingerprint density at radius 2 is 2.17 bits per heavy atom. The van der Waals surface area contributed by atoms with Crippen LogP contribution in [0.4, 0.5) is 8.78 Å². The Labute approximate surface area is 75.7 Å². The van der Waals surface area contributed by atoms with E-state index in [0.29, 0.717) is 5.69 Å². The standard InChI is InChI=1S/C7H6BrF2NO/c1-3-5(8)6(12)4(2-11-3)7(9)10/h2,7H,1H3,(H,11,12). The fourth-order valence-electron chi connectivity index (χ4n) is 0.774. The van der Waals surface area contributed by atoms with Gasteiger partial charge >= 0.3 is 0 Å². The molecule has 1 aromatic heterocycles. The molecular formula is C7H6BrF2NO. The van der Waals surface area contributed by atoms with Gasteiger partial charge in [0.05, 0.1) is 10.0 Å². The van der Waals surface area contributed by atoms with Crippen LogP contribution >= 0.6 is 15.9 Å². The Balaban J connectivity index is 3.37. The third-order valence-electron chi connectivity index (χ3n) is 1.47. The van der Waals surface area contributed by atoms with Crippen molar-refractivity contribution in [3.63, 3.8) is 0 Å². The van der Waals surface area contributed by atoms with Gasteiger partial charge in [-0.1, -0.05) is 0 Å². The van der Waals surface area contributed by atoms with Crippen molar-refractivity contribution in [2.45, 2.75) is 13.3 Å². The molecule has 0 saturated carbocycles. The van der Waals surface area contributed by atoms with Crippen LogP contribution in [0.2, 0.25) is 0 Å². The lowest BCUT2D eigenvalue weighted by Gasteiger charge is -2.01. The summed E-state index contributed by atoms with van der Waals surface area (Å²) in [6.45, 7) is 1.63. The Hall–Kier alpha value is -0.710. The zero-order chi connectivity index (χ0) is 9.30. The van der Waals surface area contributed by atoms with Crippen molar-refractivity contribution in [3.8, 4) is 0 Å². The van der Waals surface area contributed by atoms with Crippen LogP contribution in [0.15, 0.2) is 15.5 Å². The van der Waals surface area contributed by atoms with Gasteiger partial charge in [-0.25, -0.2) is 8.78 Å². The molecule has 0 aromatic carbocycles. The molecule has 12 heavy (non-hydrogen) atoms. The van der Waals surface area contributed by atoms with E-state index in [-0.39, 0.29) is 4.47 Å². The number of rotatable bonds is 1. The summed E-state index contributed by atoms with van der Waals surface area (Å²) in [6, 6.07) is 0. The first-order valence-corrected chi connectivity index (χ1v) is 3.99. The van der Waals surface area contributed by atoms with Crippen LogP contribution in [0.5, 0.6) is 0 Å². The van der Waals surface area contributed by atoms with Crippen LogP contribution in [0.3, 0.4) is 0 Å². The van der Waals surface area contributed by atoms with E-state index in [0.717, 1.165) is 6.20 Å². The third kappa shape index (κ3) is 1.55. The van der Waals surface area contributed by atoms with Crippen LogP contribution in [0, 0.1) is 6.92 Å². The second-order valence-corrected chi connectivity index (χ2v) is 3.11. The lowest BCUT2D eigenvalue weighted by Crippen LogP contribution is -2.12. The molecule has 0 spiro atoms. The van der Waals surface area contributed by atoms with E-state index in [1.165, 1.54) is 0 Å². The van der Waals surface area contributed by atoms with E-state index >= 15 is 0 Å². The topological polar surface area (TPSA) is 32.9 Å². The quantitative estimate of drug-likeness (QED) is 0.800. The Morgan fingerprint density at radius 1 is 1.58 bits per heavy atom. The molecule has 0 radical (unpaired) electrons. The zero-order valence-electron chi connectivity index (χ0n) is 6.20. The first-order chi connectivity index (χ1) is 5.54. The second kappa shape index (κ2) is 3.35. The molecule has 0 atom stereocenters. The van der Waals surface area contributed by atoms with Gasteiger partial charge < -0.3 is 4.98 Å². The molecular weight excluding hydrogens is 232 g/mol. The van der Waals surface area contributed by atoms with Gasteiger partial charge in [0, 0.05) is 11.9 Å². The molecule has 5 heteroatoms. The number of hydrogen-bond donors (Lipinski definition) is 1. The lowest BCUT2D eigenvalue weighted by molar-refractivity contribution is 0.149. The van der Waals surface area contributed by atoms with Crippen molar-refractivity contribution in [1.82, 2.24) is 4.98 Å². The van der Waals surface area contributed by atoms with Gasteiger partial charge in [-0.2, -0.15) is 0 Å². The summed E-state index contributed by atoms with van der Waals surface area (Å²) in [6.07, 6.45) is -1.70. The molecule has 1 N–H and O–H groups in total. The molecule has 66 valence electrons. The van der Waals surface area contributed by atoms with Crippen molar-refractivity contribution >= 4 is 15.9 Å². The first kappa shape index (κ1) is 9.38. The van der Waals surface area contributed by atoms with Crippen LogP contribution in [0.25, 0.3) is 0 Å². The maximum atomic E-state index is 12.1. The largest absolute Gasteiger partial charge is 0.364 e. The molecule has 0 aliphatic heterocycles. The summed E-state index contributed by atoms with van der Waals surface area (Å²) in [4.78, 5) is 13.6. The van der Waals surface area contributed by atoms with Gasteiger partial charge in [0.15, 0.2) is 0 Å². The third-order valence-corrected chi connectivity index (χ3v) is 2.42. The summed E-state index contributed by atoms with van der Waals surface area (Å²) in [5.74, 6) is 0. The number of alkyl halides is 2. The van der Waals surface area contributed by atoms with Gasteiger partial charge in [-0.3, -0.25) is 4.79 Å². The van der Waals surface area contributed by atoms with Crippen LogP contribution in [-0.2, 0) is 0 Å². The highest BCUT2D eigenvalue weighted by atomic mass is 79.9. The number of halogens is 3. The van der Waals surface area contributed by atoms with Gasteiger partial charge in [0.1, 0.15) is 0 Å². The Bertz CT molecular complexity index is 348. The number of pyridine rings is 1. The minimum atomic E-state index is -2.73. The highest BCUT2D eigenvalue weighted by molar-refractivity contribution is 9.10. The average molecular weight is 238 g/mol. The van der Waals surface area contributed by atoms with Crippen LogP contribution in [0.1, 0.15) is 17.7 Å². The number of aromatic amines is 1. The average Bonchev–Trinajstić information content (AvgIpc) is 2.00. The molecule has 1 rings (SSSR count). The Morgan fingerprint density at radius 3 is 2.67 bits per heavy atom. The van der Waals surface area contributed by atoms with Gasteiger partial charge in [-0.05, 0) is 22.9 Å². The SMILES string of the molecule is Cc1[nH]cc(C(F)F)c(=O)c1Br. The summed E-state index contributed by atoms with van der Waals surface area (Å²) < 4.78 is 24.4. The molecule has 1 aromatic rings. The number of nitrogens with one attached hydrogen (secondary N) is 1. The number of hydrogen-bond acceptors (Lipinski definition) is 1. The molecule has 0 unspecified atom stereocenters. The van der Waals surface area contributed by atoms with Crippen molar-refractivity contribution in [2.75, 3.05) is 0 Å². The van der Waals surface area contributed by atoms with E-state index in [4.69, 9.17) is 0 Å². The van der Waals surface area contributed by atoms with E-state index in [2.05, 4.69) is 20.9 Å². The fraction of sp³-hybridized carbons (Fsp3) is 0.286. The van der Waals surface area contributed by atoms with Gasteiger partial charge in [0.25, 0.3) is 6.43 Å². The highest BCUT2D eigenvalue weighted by Gasteiger charge is 2.14. The first-order valence-electron chi connectivity index (χ1n) is 3.20. The summed E-state index contributed by atoms with van der Waals surface area (Å²) in [5, 5.41) is 0. The van der Waals surface area contributed by atoms with Crippen molar-refractivity contribution in [3.05, 3.63) is 32.2 Å². The van der Waals surface area contributed by atoms with Gasteiger partial charge in [-0.15, -0.1) is 0 Å². The minimum absolute atomic E-state index is 0.167. The monoisotopic (exact) mass is 237 g/mol.